The van der Waals surface area contributed by atoms with Gasteiger partial charge in [-0.05, 0) is 12.8 Å². The largest absolute Gasteiger partial charge is 0.472 e. The van der Waals surface area contributed by atoms with Crippen LogP contribution in [0.25, 0.3) is 0 Å². The van der Waals surface area contributed by atoms with Crippen molar-refractivity contribution in [1.82, 2.24) is 0 Å². The molecule has 2 unspecified atom stereocenters. The summed E-state index contributed by atoms with van der Waals surface area (Å²) in [6, 6.07) is 0. The van der Waals surface area contributed by atoms with Crippen molar-refractivity contribution in [3.8, 4) is 0 Å². The average molecular weight is 426 g/mol. The van der Waals surface area contributed by atoms with Gasteiger partial charge in [0.15, 0.2) is 6.10 Å². The highest BCUT2D eigenvalue weighted by Gasteiger charge is 2.26. The van der Waals surface area contributed by atoms with Crippen LogP contribution in [0, 0.1) is 0 Å². The number of phosphoric ester groups is 1. The molecule has 10 heteroatoms. The first-order chi connectivity index (χ1) is 13.0. The number of hydrogen-bond acceptors (Lipinski definition) is 7. The van der Waals surface area contributed by atoms with Gasteiger partial charge in [-0.1, -0.05) is 26.7 Å². The summed E-state index contributed by atoms with van der Waals surface area (Å²) in [5.74, 6) is -0.895. The normalized spacial score (nSPS) is 14.9. The highest BCUT2D eigenvalue weighted by Crippen LogP contribution is 2.43. The van der Waals surface area contributed by atoms with E-state index in [1.165, 1.54) is 0 Å². The predicted molar refractivity (Wildman–Crippen MR) is 105 cm³/mol. The van der Waals surface area contributed by atoms with Crippen molar-refractivity contribution in [3.05, 3.63) is 0 Å². The molecule has 9 nitrogen and oxygen atoms in total. The minimum absolute atomic E-state index is 0.0320. The molecule has 0 aliphatic carbocycles. The smallest absolute Gasteiger partial charge is 0.462 e. The number of quaternary nitrogens is 1. The van der Waals surface area contributed by atoms with E-state index in [-0.39, 0.29) is 26.1 Å². The van der Waals surface area contributed by atoms with Crippen LogP contribution >= 0.6 is 7.82 Å². The zero-order valence-corrected chi connectivity index (χ0v) is 18.7. The summed E-state index contributed by atoms with van der Waals surface area (Å²) in [5.41, 5.74) is 0. The number of esters is 2. The molecule has 0 saturated heterocycles. The molecule has 0 radical (unpaired) electrons. The molecular formula is C18H37NO8P+. The molecule has 0 aliphatic heterocycles. The molecule has 0 aliphatic rings. The Balaban J connectivity index is 4.60. The molecule has 0 rings (SSSR count). The van der Waals surface area contributed by atoms with Gasteiger partial charge in [0.1, 0.15) is 19.8 Å². The fraction of sp³-hybridized carbons (Fsp3) is 0.889. The van der Waals surface area contributed by atoms with Crippen LogP contribution in [-0.4, -0.2) is 74.9 Å². The standard InChI is InChI=1S/C18H36NO8P/c1-6-8-9-11-18(21)27-16(14-24-17(20)10-7-2)15-26-28(22,23)25-13-12-19(3,4)5/h16H,6-15H2,1-5H3/p+1. The second-order valence-electron chi connectivity index (χ2n) is 7.61. The maximum absolute atomic E-state index is 12.0. The summed E-state index contributed by atoms with van der Waals surface area (Å²) in [4.78, 5) is 33.3. The second kappa shape index (κ2) is 14.1. The Hall–Kier alpha value is -0.990. The molecule has 0 aromatic rings. The Morgan fingerprint density at radius 1 is 0.964 bits per heavy atom. The lowest BCUT2D eigenvalue weighted by atomic mass is 10.2. The summed E-state index contributed by atoms with van der Waals surface area (Å²) in [5, 5.41) is 0. The maximum Gasteiger partial charge on any atom is 0.472 e. The number of hydrogen-bond donors (Lipinski definition) is 1. The Morgan fingerprint density at radius 2 is 1.64 bits per heavy atom. The Morgan fingerprint density at radius 3 is 2.21 bits per heavy atom. The van der Waals surface area contributed by atoms with Crippen LogP contribution in [0.1, 0.15) is 52.4 Å². The summed E-state index contributed by atoms with van der Waals surface area (Å²) in [7, 11) is 1.46. The van der Waals surface area contributed by atoms with Crippen LogP contribution in [0.15, 0.2) is 0 Å². The third kappa shape index (κ3) is 16.0. The zero-order chi connectivity index (χ0) is 21.6. The number of phosphoric acid groups is 1. The minimum Gasteiger partial charge on any atom is -0.462 e. The highest BCUT2D eigenvalue weighted by molar-refractivity contribution is 7.47. The predicted octanol–water partition coefficient (Wildman–Crippen LogP) is 2.66. The first kappa shape index (κ1) is 27.0. The van der Waals surface area contributed by atoms with Gasteiger partial charge in [-0.25, -0.2) is 4.57 Å². The van der Waals surface area contributed by atoms with Crippen molar-refractivity contribution in [2.45, 2.75) is 58.5 Å². The summed E-state index contributed by atoms with van der Waals surface area (Å²) >= 11 is 0. The molecule has 0 aromatic heterocycles. The molecule has 0 spiro atoms. The highest BCUT2D eigenvalue weighted by atomic mass is 31.2. The van der Waals surface area contributed by atoms with Crippen molar-refractivity contribution in [2.75, 3.05) is 47.5 Å². The monoisotopic (exact) mass is 426 g/mol. The molecular weight excluding hydrogens is 389 g/mol. The van der Waals surface area contributed by atoms with Crippen LogP contribution < -0.4 is 0 Å². The average Bonchev–Trinajstić information content (AvgIpc) is 2.56. The topological polar surface area (TPSA) is 108 Å². The lowest BCUT2D eigenvalue weighted by Crippen LogP contribution is -2.37. The van der Waals surface area contributed by atoms with Gasteiger partial charge in [0.2, 0.25) is 0 Å². The van der Waals surface area contributed by atoms with Gasteiger partial charge in [0.25, 0.3) is 0 Å². The molecule has 0 bridgehead atoms. The van der Waals surface area contributed by atoms with Gasteiger partial charge < -0.3 is 18.9 Å². The van der Waals surface area contributed by atoms with Crippen LogP contribution in [0.4, 0.5) is 0 Å². The number of unbranched alkanes of at least 4 members (excludes halogenated alkanes) is 2. The number of ether oxygens (including phenoxy) is 2. The van der Waals surface area contributed by atoms with Crippen molar-refractivity contribution in [1.29, 1.82) is 0 Å². The lowest BCUT2D eigenvalue weighted by molar-refractivity contribution is -0.870. The van der Waals surface area contributed by atoms with E-state index < -0.39 is 32.5 Å². The number of rotatable bonds is 16. The first-order valence-corrected chi connectivity index (χ1v) is 11.3. The summed E-state index contributed by atoms with van der Waals surface area (Å²) in [6.45, 7) is 3.76. The molecule has 0 aromatic carbocycles. The van der Waals surface area contributed by atoms with E-state index in [2.05, 4.69) is 0 Å². The summed E-state index contributed by atoms with van der Waals surface area (Å²) in [6.07, 6.45) is 2.67. The van der Waals surface area contributed by atoms with Gasteiger partial charge in [-0.2, -0.15) is 0 Å². The van der Waals surface area contributed by atoms with Gasteiger partial charge in [-0.3, -0.25) is 18.6 Å². The number of carbonyl (C=O) groups excluding carboxylic acids is 2. The molecule has 0 amide bonds. The third-order valence-electron chi connectivity index (χ3n) is 3.61. The van der Waals surface area contributed by atoms with Crippen molar-refractivity contribution >= 4 is 19.8 Å². The van der Waals surface area contributed by atoms with E-state index in [0.29, 0.717) is 23.9 Å². The Labute approximate surface area is 168 Å². The number of likely N-dealkylation sites (N-methyl/N-ethyl adjacent to an activating group) is 1. The Kier molecular flexibility index (Phi) is 13.6. The SMILES string of the molecule is CCCCCC(=O)OC(COC(=O)CCC)COP(=O)(O)OCC[N+](C)(C)C. The van der Waals surface area contributed by atoms with E-state index in [9.17, 15) is 19.0 Å². The summed E-state index contributed by atoms with van der Waals surface area (Å²) < 4.78 is 32.7. The molecule has 28 heavy (non-hydrogen) atoms. The second-order valence-corrected chi connectivity index (χ2v) is 9.07. The molecule has 0 fully saturated rings. The van der Waals surface area contributed by atoms with Gasteiger partial charge in [0, 0.05) is 12.8 Å². The van der Waals surface area contributed by atoms with Crippen LogP contribution in [0.2, 0.25) is 0 Å². The zero-order valence-electron chi connectivity index (χ0n) is 17.8. The van der Waals surface area contributed by atoms with Gasteiger partial charge in [-0.15, -0.1) is 0 Å². The van der Waals surface area contributed by atoms with Gasteiger partial charge >= 0.3 is 19.8 Å². The van der Waals surface area contributed by atoms with Crippen LogP contribution in [0.3, 0.4) is 0 Å². The van der Waals surface area contributed by atoms with E-state index in [4.69, 9.17) is 18.5 Å². The molecule has 0 heterocycles. The third-order valence-corrected chi connectivity index (χ3v) is 4.59. The van der Waals surface area contributed by atoms with E-state index >= 15 is 0 Å². The minimum atomic E-state index is -4.30. The van der Waals surface area contributed by atoms with Crippen LogP contribution in [0.5, 0.6) is 0 Å². The first-order valence-electron chi connectivity index (χ1n) is 9.76. The van der Waals surface area contributed by atoms with Crippen molar-refractivity contribution < 1.29 is 42.1 Å². The van der Waals surface area contributed by atoms with E-state index in [1.807, 2.05) is 35.0 Å². The fourth-order valence-electron chi connectivity index (χ4n) is 1.99. The fourth-order valence-corrected chi connectivity index (χ4v) is 2.73. The molecule has 1 N–H and O–H groups in total. The maximum atomic E-state index is 12.0. The van der Waals surface area contributed by atoms with Crippen molar-refractivity contribution in [3.63, 3.8) is 0 Å². The molecule has 2 atom stereocenters. The Bertz CT molecular complexity index is 506. The van der Waals surface area contributed by atoms with E-state index in [0.717, 1.165) is 12.8 Å². The van der Waals surface area contributed by atoms with Gasteiger partial charge in [0.05, 0.1) is 27.7 Å². The lowest BCUT2D eigenvalue weighted by Gasteiger charge is -2.24. The number of nitrogens with zero attached hydrogens (tertiary/aromatic N) is 1. The van der Waals surface area contributed by atoms with Crippen molar-refractivity contribution in [2.24, 2.45) is 0 Å². The molecule has 166 valence electrons. The number of carbonyl (C=O) groups is 2. The molecule has 0 saturated carbocycles. The van der Waals surface area contributed by atoms with Crippen LogP contribution in [-0.2, 0) is 32.7 Å². The quantitative estimate of drug-likeness (QED) is 0.174. The van der Waals surface area contributed by atoms with E-state index in [1.54, 1.807) is 0 Å².